The smallest absolute Gasteiger partial charge is 0.373 e. The number of aliphatic hydroxyl groups is 1. The first kappa shape index (κ1) is 28.1. The van der Waals surface area contributed by atoms with Crippen LogP contribution in [0.15, 0.2) is 54.3 Å². The lowest BCUT2D eigenvalue weighted by molar-refractivity contribution is -0.154. The number of fused-ring (bicyclic) bond motifs is 3. The molecule has 0 radical (unpaired) electrons. The molecule has 1 aliphatic carbocycles. The summed E-state index contributed by atoms with van der Waals surface area (Å²) in [5, 5.41) is 20.6. The van der Waals surface area contributed by atoms with Crippen LogP contribution in [0, 0.1) is 0 Å². The van der Waals surface area contributed by atoms with Crippen LogP contribution in [0.1, 0.15) is 76.5 Å². The van der Waals surface area contributed by atoms with Crippen molar-refractivity contribution < 1.29 is 34.1 Å². The number of carbonyl (C=O) groups excluding carboxylic acids is 2. The number of aliphatic carboxylic acids is 1. The van der Waals surface area contributed by atoms with E-state index in [2.05, 4.69) is 6.92 Å². The van der Waals surface area contributed by atoms with E-state index in [0.717, 1.165) is 48.8 Å². The quantitative estimate of drug-likeness (QED) is 0.367. The minimum Gasteiger partial charge on any atom is -0.480 e. The number of carbonyl (C=O) groups is 3. The second kappa shape index (κ2) is 11.7. The summed E-state index contributed by atoms with van der Waals surface area (Å²) in [6.07, 6.45) is 6.07. The number of carboxylic acids is 1. The number of hydrogen-bond acceptors (Lipinski definition) is 6. The third-order valence-electron chi connectivity index (χ3n) is 6.44. The minimum absolute atomic E-state index is 0.0253. The average Bonchev–Trinajstić information content (AvgIpc) is 3.12. The normalized spacial score (nSPS) is 18.9. The van der Waals surface area contributed by atoms with Crippen LogP contribution in [0.25, 0.3) is 11.1 Å². The van der Waals surface area contributed by atoms with Crippen molar-refractivity contribution in [1.82, 2.24) is 0 Å². The second-order valence-corrected chi connectivity index (χ2v) is 10.0. The lowest BCUT2D eigenvalue weighted by atomic mass is 9.87. The van der Waals surface area contributed by atoms with Crippen molar-refractivity contribution >= 4 is 17.7 Å². The summed E-state index contributed by atoms with van der Waals surface area (Å²) < 4.78 is 10.4. The summed E-state index contributed by atoms with van der Waals surface area (Å²) in [4.78, 5) is 34.7. The highest BCUT2D eigenvalue weighted by Gasteiger charge is 2.49. The van der Waals surface area contributed by atoms with Gasteiger partial charge in [0.1, 0.15) is 5.60 Å². The molecular weight excluding hydrogens is 472 g/mol. The number of benzene rings is 2. The molecule has 0 spiro atoms. The molecule has 0 fully saturated rings. The van der Waals surface area contributed by atoms with Gasteiger partial charge in [0.2, 0.25) is 11.4 Å². The molecule has 0 saturated heterocycles. The Hall–Kier alpha value is -3.45. The number of ketones is 1. The summed E-state index contributed by atoms with van der Waals surface area (Å²) in [6, 6.07) is 13.0. The van der Waals surface area contributed by atoms with Crippen LogP contribution in [0.2, 0.25) is 0 Å². The van der Waals surface area contributed by atoms with Gasteiger partial charge in [-0.25, -0.2) is 9.59 Å². The molecule has 198 valence electrons. The van der Waals surface area contributed by atoms with E-state index in [-0.39, 0.29) is 11.5 Å². The van der Waals surface area contributed by atoms with E-state index >= 15 is 0 Å². The largest absolute Gasteiger partial charge is 0.480 e. The first-order valence-corrected chi connectivity index (χ1v) is 12.8. The summed E-state index contributed by atoms with van der Waals surface area (Å²) in [5.74, 6) is -1.83. The average molecular weight is 509 g/mol. The van der Waals surface area contributed by atoms with E-state index in [4.69, 9.17) is 9.47 Å². The number of hydrogen-bond donors (Lipinski definition) is 2. The Morgan fingerprint density at radius 2 is 1.68 bits per heavy atom. The van der Waals surface area contributed by atoms with Gasteiger partial charge >= 0.3 is 11.9 Å². The minimum atomic E-state index is -1.93. The van der Waals surface area contributed by atoms with Crippen molar-refractivity contribution in [3.63, 3.8) is 0 Å². The van der Waals surface area contributed by atoms with Gasteiger partial charge < -0.3 is 19.7 Å². The Kier molecular flexibility index (Phi) is 8.92. The monoisotopic (exact) mass is 508 g/mol. The number of esters is 1. The van der Waals surface area contributed by atoms with Gasteiger partial charge in [0.25, 0.3) is 0 Å². The zero-order valence-electron chi connectivity index (χ0n) is 22.0. The van der Waals surface area contributed by atoms with Gasteiger partial charge in [0.15, 0.2) is 5.78 Å². The molecule has 0 saturated carbocycles. The summed E-state index contributed by atoms with van der Waals surface area (Å²) in [5.41, 5.74) is 1.04. The predicted molar refractivity (Wildman–Crippen MR) is 140 cm³/mol. The van der Waals surface area contributed by atoms with Crippen molar-refractivity contribution in [2.24, 2.45) is 0 Å². The Balaban J connectivity index is 0.000000214. The molecule has 0 aromatic heterocycles. The molecule has 0 amide bonds. The molecule has 1 heterocycles. The molecule has 1 aliphatic heterocycles. The zero-order valence-corrected chi connectivity index (χ0v) is 22.0. The lowest BCUT2D eigenvalue weighted by Gasteiger charge is -2.29. The van der Waals surface area contributed by atoms with Gasteiger partial charge in [-0.3, -0.25) is 4.79 Å². The zero-order chi connectivity index (χ0) is 27.2. The second-order valence-electron chi connectivity index (χ2n) is 10.0. The van der Waals surface area contributed by atoms with Crippen molar-refractivity contribution in [2.45, 2.75) is 77.4 Å². The maximum atomic E-state index is 11.8. The third-order valence-corrected chi connectivity index (χ3v) is 6.44. The molecule has 7 nitrogen and oxygen atoms in total. The van der Waals surface area contributed by atoms with Gasteiger partial charge in [-0.15, -0.1) is 0 Å². The van der Waals surface area contributed by atoms with Gasteiger partial charge in [-0.2, -0.15) is 0 Å². The molecule has 2 N–H and O–H groups in total. The number of carboxylic acid groups (broad SMARTS) is 1. The molecule has 2 aromatic carbocycles. The number of unbranched alkanes of at least 4 members (excludes halogenated alkanes) is 2. The number of rotatable bonds is 8. The van der Waals surface area contributed by atoms with Crippen LogP contribution in [-0.2, 0) is 35.9 Å². The van der Waals surface area contributed by atoms with Crippen LogP contribution in [0.5, 0.6) is 0 Å². The van der Waals surface area contributed by atoms with Gasteiger partial charge in [0.05, 0.1) is 6.61 Å². The molecule has 37 heavy (non-hydrogen) atoms. The number of allylic oxidation sites excluding steroid dienone is 1. The lowest BCUT2D eigenvalue weighted by Crippen LogP contribution is -2.35. The van der Waals surface area contributed by atoms with Gasteiger partial charge in [0, 0.05) is 23.6 Å². The molecule has 7 heteroatoms. The molecule has 2 aliphatic rings. The topological polar surface area (TPSA) is 110 Å². The van der Waals surface area contributed by atoms with Crippen molar-refractivity contribution in [3.05, 3.63) is 71.0 Å². The molecule has 0 bridgehead atoms. The summed E-state index contributed by atoms with van der Waals surface area (Å²) in [7, 11) is 0. The van der Waals surface area contributed by atoms with Crippen LogP contribution in [-0.4, -0.2) is 40.1 Å². The molecular formula is C30H36O7. The van der Waals surface area contributed by atoms with E-state index in [1.165, 1.54) is 6.08 Å². The van der Waals surface area contributed by atoms with Crippen molar-refractivity contribution in [1.29, 1.82) is 0 Å². The number of aryl methyl sites for hydroxylation is 1. The highest BCUT2D eigenvalue weighted by molar-refractivity contribution is 5.99. The van der Waals surface area contributed by atoms with E-state index in [1.807, 2.05) is 37.3 Å². The first-order valence-electron chi connectivity index (χ1n) is 12.8. The van der Waals surface area contributed by atoms with E-state index < -0.39 is 23.1 Å². The predicted octanol–water partition coefficient (Wildman–Crippen LogP) is 5.31. The van der Waals surface area contributed by atoms with E-state index in [1.54, 1.807) is 26.0 Å². The molecule has 1 unspecified atom stereocenters. The van der Waals surface area contributed by atoms with E-state index in [9.17, 15) is 24.6 Å². The van der Waals surface area contributed by atoms with Crippen molar-refractivity contribution in [2.75, 3.05) is 6.61 Å². The first-order chi connectivity index (χ1) is 17.5. The molecule has 1 atom stereocenters. The Morgan fingerprint density at radius 3 is 2.32 bits per heavy atom. The van der Waals surface area contributed by atoms with E-state index in [0.29, 0.717) is 24.2 Å². The fraction of sp³-hybridized carbons (Fsp3) is 0.433. The van der Waals surface area contributed by atoms with Crippen LogP contribution in [0.4, 0.5) is 0 Å². The fourth-order valence-corrected chi connectivity index (χ4v) is 4.68. The molecule has 2 aromatic rings. The Bertz CT molecular complexity index is 1190. The van der Waals surface area contributed by atoms with Crippen LogP contribution >= 0.6 is 0 Å². The summed E-state index contributed by atoms with van der Waals surface area (Å²) in [6.45, 7) is 8.03. The maximum absolute atomic E-state index is 11.8. The number of ether oxygens (including phenoxy) is 2. The highest BCUT2D eigenvalue weighted by atomic mass is 16.6. The summed E-state index contributed by atoms with van der Waals surface area (Å²) >= 11 is 0. The van der Waals surface area contributed by atoms with Crippen LogP contribution in [0.3, 0.4) is 0 Å². The SMILES string of the molecule is CCCCOC(=O)C1=CC(=O)CC(C)(C)O1.CCCCc1cccc2c1C(O)(C(=O)O)c1ccccc1-2. The standard InChI is InChI=1S/C18H18O3.C12H18O4/c1-2-3-7-12-8-6-10-14-13-9-4-5-11-15(13)18(21,16(12)14)17(19)20;1-4-5-6-15-11(14)10-7-9(13)8-12(2,3)16-10/h4-6,8-11,21H,2-3,7H2,1H3,(H,19,20);7H,4-6,8H2,1-3H3. The highest BCUT2D eigenvalue weighted by Crippen LogP contribution is 2.49. The van der Waals surface area contributed by atoms with Gasteiger partial charge in [-0.1, -0.05) is 69.2 Å². The Morgan fingerprint density at radius 1 is 1.00 bits per heavy atom. The van der Waals surface area contributed by atoms with Crippen molar-refractivity contribution in [3.8, 4) is 11.1 Å². The van der Waals surface area contributed by atoms with Crippen LogP contribution < -0.4 is 0 Å². The van der Waals surface area contributed by atoms with Gasteiger partial charge in [-0.05, 0) is 49.8 Å². The Labute approximate surface area is 218 Å². The molecule has 4 rings (SSSR count). The maximum Gasteiger partial charge on any atom is 0.373 e. The fourth-order valence-electron chi connectivity index (χ4n) is 4.68. The third kappa shape index (κ3) is 6.10.